The maximum absolute atomic E-state index is 10.7. The molecule has 0 fully saturated rings. The summed E-state index contributed by atoms with van der Waals surface area (Å²) in [7, 11) is 1.56. The molecule has 0 N–H and O–H groups in total. The van der Waals surface area contributed by atoms with Gasteiger partial charge in [-0.1, -0.05) is 0 Å². The third-order valence-electron chi connectivity index (χ3n) is 2.90. The second-order valence-electron chi connectivity index (χ2n) is 4.38. The molecule has 5 heteroatoms. The van der Waals surface area contributed by atoms with E-state index in [1.54, 1.807) is 13.2 Å². The van der Waals surface area contributed by atoms with E-state index >= 15 is 0 Å². The van der Waals surface area contributed by atoms with Crippen LogP contribution in [0.3, 0.4) is 0 Å². The molecule has 0 amide bonds. The maximum atomic E-state index is 10.7. The van der Waals surface area contributed by atoms with E-state index in [0.717, 1.165) is 17.7 Å². The first-order valence-corrected chi connectivity index (χ1v) is 5.71. The lowest BCUT2D eigenvalue weighted by atomic mass is 10.1. The van der Waals surface area contributed by atoms with E-state index in [1.165, 1.54) is 13.0 Å². The number of methoxy groups -OCH3 is 1. The molecule has 1 aliphatic rings. The van der Waals surface area contributed by atoms with E-state index in [0.29, 0.717) is 11.3 Å². The van der Waals surface area contributed by atoms with Crippen LogP contribution in [-0.4, -0.2) is 18.1 Å². The Labute approximate surface area is 105 Å². The highest BCUT2D eigenvalue weighted by atomic mass is 16.6. The Bertz CT molecular complexity index is 522. The molecule has 0 saturated heterocycles. The minimum absolute atomic E-state index is 0.0688. The summed E-state index contributed by atoms with van der Waals surface area (Å²) in [4.78, 5) is 10.2. The van der Waals surface area contributed by atoms with Crippen LogP contribution in [0.5, 0.6) is 11.5 Å². The largest absolute Gasteiger partial charge is 0.496 e. The molecule has 0 bridgehead atoms. The molecule has 1 aromatic carbocycles. The molecule has 5 nitrogen and oxygen atoms in total. The predicted octanol–water partition coefficient (Wildman–Crippen LogP) is 2.66. The van der Waals surface area contributed by atoms with Gasteiger partial charge >= 0.3 is 0 Å². The Hall–Kier alpha value is -2.04. The number of hydrogen-bond acceptors (Lipinski definition) is 4. The van der Waals surface area contributed by atoms with Gasteiger partial charge in [-0.05, 0) is 19.1 Å². The van der Waals surface area contributed by atoms with Gasteiger partial charge in [0.15, 0.2) is 0 Å². The van der Waals surface area contributed by atoms with Crippen molar-refractivity contribution in [3.05, 3.63) is 39.1 Å². The van der Waals surface area contributed by atoms with E-state index < -0.39 is 4.92 Å². The second-order valence-corrected chi connectivity index (χ2v) is 4.38. The summed E-state index contributed by atoms with van der Waals surface area (Å²) in [5, 5.41) is 10.7. The molecule has 96 valence electrons. The summed E-state index contributed by atoms with van der Waals surface area (Å²) >= 11 is 0. The lowest BCUT2D eigenvalue weighted by Crippen LogP contribution is -2.05. The monoisotopic (exact) mass is 249 g/mol. The van der Waals surface area contributed by atoms with Crippen LogP contribution >= 0.6 is 0 Å². The van der Waals surface area contributed by atoms with Crippen molar-refractivity contribution in [2.45, 2.75) is 26.4 Å². The lowest BCUT2D eigenvalue weighted by molar-refractivity contribution is -0.422. The van der Waals surface area contributed by atoms with Crippen molar-refractivity contribution in [3.63, 3.8) is 0 Å². The Morgan fingerprint density at radius 3 is 2.94 bits per heavy atom. The third-order valence-corrected chi connectivity index (χ3v) is 2.90. The fourth-order valence-corrected chi connectivity index (χ4v) is 2.02. The smallest absolute Gasteiger partial charge is 0.243 e. The van der Waals surface area contributed by atoms with Crippen LogP contribution in [0.15, 0.2) is 17.8 Å². The molecule has 0 aliphatic carbocycles. The first-order chi connectivity index (χ1) is 8.51. The number of hydrogen-bond donors (Lipinski definition) is 0. The summed E-state index contributed by atoms with van der Waals surface area (Å²) in [6, 6.07) is 3.68. The zero-order chi connectivity index (χ0) is 13.3. The van der Waals surface area contributed by atoms with E-state index in [4.69, 9.17) is 9.47 Å². The Morgan fingerprint density at radius 1 is 1.61 bits per heavy atom. The first kappa shape index (κ1) is 12.4. The van der Waals surface area contributed by atoms with Crippen molar-refractivity contribution in [1.82, 2.24) is 0 Å². The quantitative estimate of drug-likeness (QED) is 0.610. The number of nitrogens with zero attached hydrogens (tertiary/aromatic N) is 1. The molecule has 0 radical (unpaired) electrons. The average Bonchev–Trinajstić information content (AvgIpc) is 2.66. The molecule has 2 rings (SSSR count). The minimum Gasteiger partial charge on any atom is -0.496 e. The Morgan fingerprint density at radius 2 is 2.33 bits per heavy atom. The Balaban J connectivity index is 2.45. The molecule has 1 atom stereocenters. The summed E-state index contributed by atoms with van der Waals surface area (Å²) in [6.45, 7) is 3.44. The van der Waals surface area contributed by atoms with Gasteiger partial charge in [-0.25, -0.2) is 0 Å². The van der Waals surface area contributed by atoms with Crippen LogP contribution in [0.25, 0.3) is 6.08 Å². The highest BCUT2D eigenvalue weighted by Crippen LogP contribution is 2.35. The van der Waals surface area contributed by atoms with Gasteiger partial charge in [-0.2, -0.15) is 0 Å². The normalized spacial score (nSPS) is 18.2. The SMILES string of the molecule is COc1cc2c(cc1C=C(C)[N+](=O)[O-])OC(C)C2. The van der Waals surface area contributed by atoms with Crippen molar-refractivity contribution >= 4 is 6.08 Å². The van der Waals surface area contributed by atoms with Crippen LogP contribution in [0.2, 0.25) is 0 Å². The fraction of sp³-hybridized carbons (Fsp3) is 0.385. The van der Waals surface area contributed by atoms with Gasteiger partial charge in [0.05, 0.1) is 12.0 Å². The first-order valence-electron chi connectivity index (χ1n) is 5.71. The zero-order valence-electron chi connectivity index (χ0n) is 10.6. The molecule has 1 aliphatic heterocycles. The fourth-order valence-electron chi connectivity index (χ4n) is 2.02. The molecular weight excluding hydrogens is 234 g/mol. The van der Waals surface area contributed by atoms with E-state index in [-0.39, 0.29) is 11.8 Å². The van der Waals surface area contributed by atoms with Crippen LogP contribution in [0, 0.1) is 10.1 Å². The topological polar surface area (TPSA) is 61.6 Å². The number of benzene rings is 1. The number of rotatable bonds is 3. The van der Waals surface area contributed by atoms with Gasteiger partial charge < -0.3 is 9.47 Å². The van der Waals surface area contributed by atoms with Gasteiger partial charge in [0.2, 0.25) is 5.70 Å². The Kier molecular flexibility index (Phi) is 3.23. The summed E-state index contributed by atoms with van der Waals surface area (Å²) < 4.78 is 10.9. The van der Waals surface area contributed by atoms with E-state index in [2.05, 4.69) is 0 Å². The third kappa shape index (κ3) is 2.30. The summed E-state index contributed by atoms with van der Waals surface area (Å²) in [6.07, 6.45) is 2.47. The highest BCUT2D eigenvalue weighted by Gasteiger charge is 2.21. The van der Waals surface area contributed by atoms with Crippen molar-refractivity contribution in [2.24, 2.45) is 0 Å². The zero-order valence-corrected chi connectivity index (χ0v) is 10.6. The van der Waals surface area contributed by atoms with Crippen LogP contribution in [-0.2, 0) is 6.42 Å². The van der Waals surface area contributed by atoms with Crippen LogP contribution in [0.1, 0.15) is 25.0 Å². The van der Waals surface area contributed by atoms with Crippen molar-refractivity contribution < 1.29 is 14.4 Å². The molecule has 1 aromatic rings. The molecular formula is C13H15NO4. The van der Waals surface area contributed by atoms with Crippen molar-refractivity contribution in [2.75, 3.05) is 7.11 Å². The van der Waals surface area contributed by atoms with Crippen molar-refractivity contribution in [3.8, 4) is 11.5 Å². The lowest BCUT2D eigenvalue weighted by Gasteiger charge is -2.08. The highest BCUT2D eigenvalue weighted by molar-refractivity contribution is 5.63. The molecule has 1 unspecified atom stereocenters. The summed E-state index contributed by atoms with van der Waals surface area (Å²) in [5.41, 5.74) is 1.81. The van der Waals surface area contributed by atoms with E-state index in [9.17, 15) is 10.1 Å². The molecule has 0 spiro atoms. The van der Waals surface area contributed by atoms with Gasteiger partial charge in [-0.3, -0.25) is 10.1 Å². The second kappa shape index (κ2) is 4.68. The number of allylic oxidation sites excluding steroid dienone is 1. The number of fused-ring (bicyclic) bond motifs is 1. The summed E-state index contributed by atoms with van der Waals surface area (Å²) in [5.74, 6) is 1.42. The van der Waals surface area contributed by atoms with Crippen LogP contribution < -0.4 is 9.47 Å². The minimum atomic E-state index is -0.420. The average molecular weight is 249 g/mol. The molecule has 1 heterocycles. The maximum Gasteiger partial charge on any atom is 0.243 e. The van der Waals surface area contributed by atoms with Crippen LogP contribution in [0.4, 0.5) is 0 Å². The number of ether oxygens (including phenoxy) is 2. The molecule has 0 aromatic heterocycles. The van der Waals surface area contributed by atoms with Crippen molar-refractivity contribution in [1.29, 1.82) is 0 Å². The van der Waals surface area contributed by atoms with Gasteiger partial charge in [0.1, 0.15) is 17.6 Å². The predicted molar refractivity (Wildman–Crippen MR) is 67.4 cm³/mol. The van der Waals surface area contributed by atoms with Gasteiger partial charge in [0, 0.05) is 30.5 Å². The van der Waals surface area contributed by atoms with Gasteiger partial charge in [0.25, 0.3) is 0 Å². The molecule has 18 heavy (non-hydrogen) atoms. The standard InChI is InChI=1S/C13H15NO4/c1-8(14(15)16)4-10-7-13-11(5-9(2)18-13)6-12(10)17-3/h4,6-7,9H,5H2,1-3H3. The number of nitro groups is 1. The van der Waals surface area contributed by atoms with Gasteiger partial charge in [-0.15, -0.1) is 0 Å². The molecule has 0 saturated carbocycles. The van der Waals surface area contributed by atoms with E-state index in [1.807, 2.05) is 13.0 Å².